The van der Waals surface area contributed by atoms with E-state index < -0.39 is 0 Å². The van der Waals surface area contributed by atoms with Crippen molar-refractivity contribution in [2.75, 3.05) is 13.6 Å². The molecule has 1 saturated carbocycles. The van der Waals surface area contributed by atoms with Gasteiger partial charge in [0.05, 0.1) is 0 Å². The lowest BCUT2D eigenvalue weighted by molar-refractivity contribution is 0.229. The highest BCUT2D eigenvalue weighted by molar-refractivity contribution is 6.30. The molecule has 0 radical (unpaired) electrons. The number of rotatable bonds is 4. The standard InChI is InChI=1S/C16H25ClN2/c1-16(2)9-8-13(15(16)18)11-19(3)10-12-4-6-14(17)7-5-12/h4-7,13,15H,8-11,18H2,1-3H3. The Morgan fingerprint density at radius 2 is 1.95 bits per heavy atom. The van der Waals surface area contributed by atoms with E-state index >= 15 is 0 Å². The van der Waals surface area contributed by atoms with Crippen molar-refractivity contribution in [2.24, 2.45) is 17.1 Å². The molecule has 0 bridgehead atoms. The average Bonchev–Trinajstić information content (AvgIpc) is 2.59. The highest BCUT2D eigenvalue weighted by atomic mass is 35.5. The summed E-state index contributed by atoms with van der Waals surface area (Å²) in [4.78, 5) is 2.37. The van der Waals surface area contributed by atoms with Crippen molar-refractivity contribution < 1.29 is 0 Å². The molecule has 0 heterocycles. The Morgan fingerprint density at radius 1 is 1.32 bits per heavy atom. The van der Waals surface area contributed by atoms with Crippen LogP contribution in [0, 0.1) is 11.3 Å². The van der Waals surface area contributed by atoms with Gasteiger partial charge in [-0.2, -0.15) is 0 Å². The summed E-state index contributed by atoms with van der Waals surface area (Å²) in [6, 6.07) is 8.42. The van der Waals surface area contributed by atoms with Crippen LogP contribution in [-0.2, 0) is 6.54 Å². The molecule has 2 atom stereocenters. The molecule has 0 aromatic heterocycles. The first-order chi connectivity index (χ1) is 8.88. The van der Waals surface area contributed by atoms with Gasteiger partial charge in [0.2, 0.25) is 0 Å². The van der Waals surface area contributed by atoms with Gasteiger partial charge in [0.15, 0.2) is 0 Å². The molecule has 2 nitrogen and oxygen atoms in total. The van der Waals surface area contributed by atoms with Gasteiger partial charge in [-0.15, -0.1) is 0 Å². The topological polar surface area (TPSA) is 29.3 Å². The van der Waals surface area contributed by atoms with Crippen LogP contribution < -0.4 is 5.73 Å². The zero-order chi connectivity index (χ0) is 14.0. The number of nitrogens with two attached hydrogens (primary N) is 1. The number of hydrogen-bond acceptors (Lipinski definition) is 2. The molecule has 0 saturated heterocycles. The van der Waals surface area contributed by atoms with Crippen molar-refractivity contribution in [1.82, 2.24) is 4.90 Å². The van der Waals surface area contributed by atoms with Crippen LogP contribution in [-0.4, -0.2) is 24.5 Å². The van der Waals surface area contributed by atoms with Crippen LogP contribution in [0.3, 0.4) is 0 Å². The van der Waals surface area contributed by atoms with E-state index in [2.05, 4.69) is 37.9 Å². The van der Waals surface area contributed by atoms with Gasteiger partial charge >= 0.3 is 0 Å². The Kier molecular flexibility index (Phi) is 4.54. The van der Waals surface area contributed by atoms with E-state index in [1.165, 1.54) is 18.4 Å². The molecular formula is C16H25ClN2. The van der Waals surface area contributed by atoms with E-state index in [-0.39, 0.29) is 0 Å². The smallest absolute Gasteiger partial charge is 0.0406 e. The molecule has 1 fully saturated rings. The summed E-state index contributed by atoms with van der Waals surface area (Å²) in [7, 11) is 2.17. The average molecular weight is 281 g/mol. The van der Waals surface area contributed by atoms with Crippen molar-refractivity contribution in [3.63, 3.8) is 0 Å². The highest BCUT2D eigenvalue weighted by Crippen LogP contribution is 2.40. The normalized spacial score (nSPS) is 26.0. The SMILES string of the molecule is CN(Cc1ccc(Cl)cc1)CC1CCC(C)(C)C1N. The van der Waals surface area contributed by atoms with E-state index in [9.17, 15) is 0 Å². The van der Waals surface area contributed by atoms with Gasteiger partial charge in [-0.3, -0.25) is 0 Å². The summed E-state index contributed by atoms with van der Waals surface area (Å²) in [6.45, 7) is 6.61. The lowest BCUT2D eigenvalue weighted by Gasteiger charge is -2.29. The second-order valence-electron chi connectivity index (χ2n) is 6.64. The zero-order valence-corrected chi connectivity index (χ0v) is 13.0. The molecule has 0 amide bonds. The van der Waals surface area contributed by atoms with Crippen LogP contribution in [0.1, 0.15) is 32.3 Å². The van der Waals surface area contributed by atoms with Gasteiger partial charge in [0.1, 0.15) is 0 Å². The molecule has 1 aliphatic rings. The van der Waals surface area contributed by atoms with E-state index in [1.54, 1.807) is 0 Å². The predicted molar refractivity (Wildman–Crippen MR) is 82.3 cm³/mol. The fourth-order valence-corrected chi connectivity index (χ4v) is 3.24. The summed E-state index contributed by atoms with van der Waals surface area (Å²) in [5.41, 5.74) is 7.98. The number of benzene rings is 1. The van der Waals surface area contributed by atoms with Gasteiger partial charge in [0.25, 0.3) is 0 Å². The summed E-state index contributed by atoms with van der Waals surface area (Å²) in [5.74, 6) is 0.618. The molecular weight excluding hydrogens is 256 g/mol. The maximum atomic E-state index is 6.37. The van der Waals surface area contributed by atoms with E-state index in [0.717, 1.165) is 18.1 Å². The third-order valence-corrected chi connectivity index (χ3v) is 4.73. The molecule has 0 spiro atoms. The van der Waals surface area contributed by atoms with Gasteiger partial charge in [0, 0.05) is 24.2 Å². The fraction of sp³-hybridized carbons (Fsp3) is 0.625. The molecule has 2 unspecified atom stereocenters. The van der Waals surface area contributed by atoms with Crippen LogP contribution in [0.5, 0.6) is 0 Å². The molecule has 2 N–H and O–H groups in total. The van der Waals surface area contributed by atoms with E-state index in [4.69, 9.17) is 17.3 Å². The van der Waals surface area contributed by atoms with E-state index in [0.29, 0.717) is 17.4 Å². The Labute approximate surface area is 121 Å². The highest BCUT2D eigenvalue weighted by Gasteiger charge is 2.39. The summed E-state index contributed by atoms with van der Waals surface area (Å²) in [6.07, 6.45) is 2.49. The lowest BCUT2D eigenvalue weighted by Crippen LogP contribution is -2.41. The zero-order valence-electron chi connectivity index (χ0n) is 12.2. The minimum Gasteiger partial charge on any atom is -0.327 e. The van der Waals surface area contributed by atoms with Crippen LogP contribution in [0.2, 0.25) is 5.02 Å². The van der Waals surface area contributed by atoms with Crippen molar-refractivity contribution in [1.29, 1.82) is 0 Å². The summed E-state index contributed by atoms with van der Waals surface area (Å²) in [5, 5.41) is 0.797. The first kappa shape index (κ1) is 14.8. The quantitative estimate of drug-likeness (QED) is 0.914. The van der Waals surface area contributed by atoms with Crippen molar-refractivity contribution in [2.45, 2.75) is 39.3 Å². The fourth-order valence-electron chi connectivity index (χ4n) is 3.11. The van der Waals surface area contributed by atoms with Crippen LogP contribution in [0.4, 0.5) is 0 Å². The second-order valence-corrected chi connectivity index (χ2v) is 7.07. The summed E-state index contributed by atoms with van der Waals surface area (Å²) < 4.78 is 0. The molecule has 0 aliphatic heterocycles. The van der Waals surface area contributed by atoms with Crippen molar-refractivity contribution in [3.8, 4) is 0 Å². The second kappa shape index (κ2) is 5.82. The minimum atomic E-state index is 0.297. The minimum absolute atomic E-state index is 0.297. The summed E-state index contributed by atoms with van der Waals surface area (Å²) >= 11 is 5.91. The third-order valence-electron chi connectivity index (χ3n) is 4.48. The molecule has 19 heavy (non-hydrogen) atoms. The van der Waals surface area contributed by atoms with Gasteiger partial charge in [-0.1, -0.05) is 37.6 Å². The van der Waals surface area contributed by atoms with Gasteiger partial charge in [-0.05, 0) is 48.9 Å². The Hall–Kier alpha value is -0.570. The number of hydrogen-bond donors (Lipinski definition) is 1. The van der Waals surface area contributed by atoms with Crippen LogP contribution in [0.15, 0.2) is 24.3 Å². The monoisotopic (exact) mass is 280 g/mol. The molecule has 1 aromatic carbocycles. The number of nitrogens with zero attached hydrogens (tertiary/aromatic N) is 1. The number of halogens is 1. The molecule has 1 aliphatic carbocycles. The Balaban J connectivity index is 1.88. The maximum Gasteiger partial charge on any atom is 0.0406 e. The largest absolute Gasteiger partial charge is 0.327 e. The van der Waals surface area contributed by atoms with Crippen LogP contribution in [0.25, 0.3) is 0 Å². The maximum absolute atomic E-state index is 6.37. The van der Waals surface area contributed by atoms with Crippen molar-refractivity contribution >= 4 is 11.6 Å². The third kappa shape index (κ3) is 3.71. The van der Waals surface area contributed by atoms with Gasteiger partial charge in [-0.25, -0.2) is 0 Å². The molecule has 106 valence electrons. The first-order valence-electron chi connectivity index (χ1n) is 7.07. The molecule has 2 rings (SSSR count). The lowest BCUT2D eigenvalue weighted by atomic mass is 9.85. The molecule has 1 aromatic rings. The van der Waals surface area contributed by atoms with Gasteiger partial charge < -0.3 is 10.6 Å². The molecule has 3 heteroatoms. The van der Waals surface area contributed by atoms with Crippen LogP contribution >= 0.6 is 11.6 Å². The van der Waals surface area contributed by atoms with E-state index in [1.807, 2.05) is 12.1 Å². The predicted octanol–water partition coefficient (Wildman–Crippen LogP) is 3.54. The van der Waals surface area contributed by atoms with Crippen molar-refractivity contribution in [3.05, 3.63) is 34.9 Å². The first-order valence-corrected chi connectivity index (χ1v) is 7.45. The Bertz CT molecular complexity index is 413. The Morgan fingerprint density at radius 3 is 2.47 bits per heavy atom.